The SMILES string of the molecule is O=C(O)c1cc(-c2cc(Br)ccc2[O-])nc2ccc(Br)cc12. The Morgan fingerprint density at radius 3 is 2.45 bits per heavy atom. The zero-order valence-electron chi connectivity index (χ0n) is 11.0. The van der Waals surface area contributed by atoms with Gasteiger partial charge in [-0.3, -0.25) is 0 Å². The molecule has 0 bridgehead atoms. The zero-order valence-corrected chi connectivity index (χ0v) is 14.2. The first-order valence-corrected chi connectivity index (χ1v) is 7.85. The normalized spacial score (nSPS) is 10.8. The minimum absolute atomic E-state index is 0.112. The van der Waals surface area contributed by atoms with E-state index in [4.69, 9.17) is 0 Å². The predicted octanol–water partition coefficient (Wildman–Crippen LogP) is 4.20. The number of hydrogen-bond acceptors (Lipinski definition) is 3. The monoisotopic (exact) mass is 420 g/mol. The van der Waals surface area contributed by atoms with Crippen LogP contribution in [0.1, 0.15) is 10.4 Å². The van der Waals surface area contributed by atoms with Crippen molar-refractivity contribution in [3.05, 3.63) is 57.0 Å². The third kappa shape index (κ3) is 2.71. The Hall–Kier alpha value is -1.92. The van der Waals surface area contributed by atoms with Gasteiger partial charge in [0.05, 0.1) is 16.8 Å². The Morgan fingerprint density at radius 2 is 1.73 bits per heavy atom. The van der Waals surface area contributed by atoms with E-state index in [-0.39, 0.29) is 11.3 Å². The maximum absolute atomic E-state index is 12.0. The van der Waals surface area contributed by atoms with Gasteiger partial charge in [0.1, 0.15) is 0 Å². The molecule has 4 nitrogen and oxygen atoms in total. The summed E-state index contributed by atoms with van der Waals surface area (Å²) in [5.74, 6) is -1.27. The number of nitrogens with zero attached hydrogens (tertiary/aromatic N) is 1. The summed E-state index contributed by atoms with van der Waals surface area (Å²) in [6, 6.07) is 11.3. The highest BCUT2D eigenvalue weighted by molar-refractivity contribution is 9.10. The number of halogens is 2. The second-order valence-electron chi connectivity index (χ2n) is 4.66. The summed E-state index contributed by atoms with van der Waals surface area (Å²) in [7, 11) is 0. The fourth-order valence-corrected chi connectivity index (χ4v) is 2.94. The maximum Gasteiger partial charge on any atom is 0.336 e. The van der Waals surface area contributed by atoms with E-state index in [1.807, 2.05) is 0 Å². The first-order chi connectivity index (χ1) is 10.5. The molecule has 110 valence electrons. The van der Waals surface area contributed by atoms with Gasteiger partial charge in [-0.25, -0.2) is 9.78 Å². The van der Waals surface area contributed by atoms with E-state index in [1.165, 1.54) is 12.1 Å². The average molecular weight is 422 g/mol. The van der Waals surface area contributed by atoms with Crippen LogP contribution in [0.3, 0.4) is 0 Å². The van der Waals surface area contributed by atoms with Crippen LogP contribution in [0.5, 0.6) is 5.75 Å². The Bertz CT molecular complexity index is 909. The van der Waals surface area contributed by atoms with Crippen molar-refractivity contribution in [3.63, 3.8) is 0 Å². The molecule has 1 heterocycles. The van der Waals surface area contributed by atoms with Crippen LogP contribution < -0.4 is 5.11 Å². The van der Waals surface area contributed by atoms with Gasteiger partial charge >= 0.3 is 5.97 Å². The summed E-state index contributed by atoms with van der Waals surface area (Å²) in [5.41, 5.74) is 1.35. The lowest BCUT2D eigenvalue weighted by molar-refractivity contribution is -0.267. The highest BCUT2D eigenvalue weighted by Gasteiger charge is 2.14. The van der Waals surface area contributed by atoms with Crippen LogP contribution in [0.2, 0.25) is 0 Å². The van der Waals surface area contributed by atoms with E-state index in [0.717, 1.165) is 8.95 Å². The van der Waals surface area contributed by atoms with Crippen LogP contribution >= 0.6 is 31.9 Å². The number of aromatic carboxylic acids is 1. The molecule has 0 aliphatic heterocycles. The number of hydrogen-bond donors (Lipinski definition) is 1. The van der Waals surface area contributed by atoms with Crippen molar-refractivity contribution < 1.29 is 15.0 Å². The number of rotatable bonds is 2. The maximum atomic E-state index is 12.0. The first-order valence-electron chi connectivity index (χ1n) is 6.26. The van der Waals surface area contributed by atoms with Gasteiger partial charge in [-0.1, -0.05) is 43.7 Å². The number of aromatic nitrogens is 1. The van der Waals surface area contributed by atoms with Crippen molar-refractivity contribution >= 4 is 48.7 Å². The lowest BCUT2D eigenvalue weighted by Gasteiger charge is -2.14. The summed E-state index contributed by atoms with van der Waals surface area (Å²) in [4.78, 5) is 16.0. The van der Waals surface area contributed by atoms with Crippen molar-refractivity contribution in [1.29, 1.82) is 0 Å². The second kappa shape index (κ2) is 5.70. The second-order valence-corrected chi connectivity index (χ2v) is 6.49. The van der Waals surface area contributed by atoms with Crippen LogP contribution in [0.4, 0.5) is 0 Å². The molecule has 0 aliphatic carbocycles. The van der Waals surface area contributed by atoms with Crippen molar-refractivity contribution in [3.8, 4) is 17.0 Å². The molecular formula is C16H8Br2NO3-. The van der Waals surface area contributed by atoms with Crippen molar-refractivity contribution in [2.75, 3.05) is 0 Å². The first kappa shape index (κ1) is 15.0. The molecule has 22 heavy (non-hydrogen) atoms. The largest absolute Gasteiger partial charge is 0.872 e. The van der Waals surface area contributed by atoms with Crippen LogP contribution in [-0.2, 0) is 0 Å². The van der Waals surface area contributed by atoms with Crippen LogP contribution in [0, 0.1) is 0 Å². The summed E-state index contributed by atoms with van der Waals surface area (Å²) in [6.07, 6.45) is 0. The molecule has 6 heteroatoms. The number of carbonyl (C=O) groups is 1. The number of pyridine rings is 1. The third-order valence-corrected chi connectivity index (χ3v) is 4.21. The van der Waals surface area contributed by atoms with Crippen molar-refractivity contribution in [2.45, 2.75) is 0 Å². The highest BCUT2D eigenvalue weighted by Crippen LogP contribution is 2.32. The van der Waals surface area contributed by atoms with E-state index in [9.17, 15) is 15.0 Å². The molecule has 1 aromatic heterocycles. The molecule has 0 aliphatic rings. The van der Waals surface area contributed by atoms with E-state index < -0.39 is 5.97 Å². The predicted molar refractivity (Wildman–Crippen MR) is 89.0 cm³/mol. The Kier molecular flexibility index (Phi) is 3.88. The number of fused-ring (bicyclic) bond motifs is 1. The molecule has 0 spiro atoms. The van der Waals surface area contributed by atoms with Gasteiger partial charge in [-0.2, -0.15) is 0 Å². The zero-order chi connectivity index (χ0) is 15.9. The topological polar surface area (TPSA) is 73.2 Å². The number of benzene rings is 2. The van der Waals surface area contributed by atoms with Gasteiger partial charge in [0.2, 0.25) is 0 Å². The number of carboxylic acids is 1. The lowest BCUT2D eigenvalue weighted by Crippen LogP contribution is -2.02. The molecule has 0 amide bonds. The molecule has 0 fully saturated rings. The van der Waals surface area contributed by atoms with Crippen molar-refractivity contribution in [2.24, 2.45) is 0 Å². The van der Waals surface area contributed by atoms with Gasteiger partial charge in [-0.05, 0) is 42.0 Å². The average Bonchev–Trinajstić information content (AvgIpc) is 2.48. The quantitative estimate of drug-likeness (QED) is 0.672. The molecule has 1 N–H and O–H groups in total. The van der Waals surface area contributed by atoms with Gasteiger partial charge < -0.3 is 10.2 Å². The van der Waals surface area contributed by atoms with Crippen LogP contribution in [0.15, 0.2) is 51.4 Å². The van der Waals surface area contributed by atoms with E-state index in [0.29, 0.717) is 22.2 Å². The summed E-state index contributed by atoms with van der Waals surface area (Å²) >= 11 is 6.63. The molecule has 3 rings (SSSR count). The van der Waals surface area contributed by atoms with Crippen LogP contribution in [0.25, 0.3) is 22.2 Å². The summed E-state index contributed by atoms with van der Waals surface area (Å²) in [5, 5.41) is 22.0. The fraction of sp³-hybridized carbons (Fsp3) is 0. The summed E-state index contributed by atoms with van der Waals surface area (Å²) < 4.78 is 1.50. The Morgan fingerprint density at radius 1 is 1.05 bits per heavy atom. The van der Waals surface area contributed by atoms with E-state index in [1.54, 1.807) is 30.3 Å². The molecule has 0 saturated carbocycles. The smallest absolute Gasteiger partial charge is 0.336 e. The molecule has 0 unspecified atom stereocenters. The third-order valence-electron chi connectivity index (χ3n) is 3.22. The van der Waals surface area contributed by atoms with Gasteiger partial charge in [0.15, 0.2) is 0 Å². The molecule has 0 saturated heterocycles. The van der Waals surface area contributed by atoms with Gasteiger partial charge in [0, 0.05) is 14.3 Å². The van der Waals surface area contributed by atoms with Gasteiger partial charge in [0.25, 0.3) is 0 Å². The Balaban J connectivity index is 2.34. The fourth-order valence-electron chi connectivity index (χ4n) is 2.22. The van der Waals surface area contributed by atoms with Crippen LogP contribution in [-0.4, -0.2) is 16.1 Å². The minimum Gasteiger partial charge on any atom is -0.872 e. The van der Waals surface area contributed by atoms with Gasteiger partial charge in [-0.15, -0.1) is 0 Å². The molecular weight excluding hydrogens is 414 g/mol. The highest BCUT2D eigenvalue weighted by atomic mass is 79.9. The van der Waals surface area contributed by atoms with Crippen molar-refractivity contribution in [1.82, 2.24) is 4.98 Å². The minimum atomic E-state index is -1.06. The molecule has 0 atom stereocenters. The standard InChI is InChI=1S/C16H9Br2NO3/c17-8-1-3-13-10(5-8)11(16(21)22)7-14(19-13)12-6-9(18)2-4-15(12)20/h1-7,20H,(H,21,22)/p-1. The molecule has 2 aromatic carbocycles. The Labute approximate surface area is 142 Å². The molecule has 0 radical (unpaired) electrons. The van der Waals surface area contributed by atoms with E-state index in [2.05, 4.69) is 36.8 Å². The number of carboxylic acid groups (broad SMARTS) is 1. The summed E-state index contributed by atoms with van der Waals surface area (Å²) in [6.45, 7) is 0. The lowest BCUT2D eigenvalue weighted by atomic mass is 10.0. The van der Waals surface area contributed by atoms with E-state index >= 15 is 0 Å². The molecule has 3 aromatic rings.